The highest BCUT2D eigenvalue weighted by Gasteiger charge is 2.16. The molecule has 0 aliphatic carbocycles. The molecule has 2 rings (SSSR count). The van der Waals surface area contributed by atoms with E-state index in [1.165, 1.54) is 0 Å². The van der Waals surface area contributed by atoms with Crippen LogP contribution in [0, 0.1) is 0 Å². The second-order valence-electron chi connectivity index (χ2n) is 4.19. The zero-order valence-corrected chi connectivity index (χ0v) is 10.2. The highest BCUT2D eigenvalue weighted by atomic mass is 16.5. The van der Waals surface area contributed by atoms with E-state index in [0.29, 0.717) is 11.8 Å². The third-order valence-corrected chi connectivity index (χ3v) is 2.67. The highest BCUT2D eigenvalue weighted by Crippen LogP contribution is 2.35. The predicted molar refractivity (Wildman–Crippen MR) is 67.0 cm³/mol. The van der Waals surface area contributed by atoms with Crippen LogP contribution in [0.15, 0.2) is 28.8 Å². The van der Waals surface area contributed by atoms with Crippen molar-refractivity contribution in [3.8, 4) is 17.0 Å². The van der Waals surface area contributed by atoms with E-state index in [4.69, 9.17) is 15.0 Å². The second kappa shape index (κ2) is 4.49. The first-order valence-electron chi connectivity index (χ1n) is 5.53. The van der Waals surface area contributed by atoms with E-state index in [2.05, 4.69) is 19.0 Å². The van der Waals surface area contributed by atoms with E-state index in [1.54, 1.807) is 13.2 Å². The normalized spacial score (nSPS) is 10.8. The zero-order valence-electron chi connectivity index (χ0n) is 10.2. The molecule has 0 spiro atoms. The minimum absolute atomic E-state index is 0.317. The van der Waals surface area contributed by atoms with Crippen LogP contribution in [0.3, 0.4) is 0 Å². The molecule has 2 N–H and O–H groups in total. The van der Waals surface area contributed by atoms with E-state index in [-0.39, 0.29) is 0 Å². The Morgan fingerprint density at radius 3 is 2.65 bits per heavy atom. The molecule has 4 heteroatoms. The average Bonchev–Trinajstić information content (AvgIpc) is 2.74. The van der Waals surface area contributed by atoms with E-state index in [0.717, 1.165) is 22.6 Å². The van der Waals surface area contributed by atoms with Crippen LogP contribution in [0.5, 0.6) is 5.75 Å². The van der Waals surface area contributed by atoms with E-state index >= 15 is 0 Å². The molecule has 0 fully saturated rings. The lowest BCUT2D eigenvalue weighted by molar-refractivity contribution is 0.407. The van der Waals surface area contributed by atoms with Crippen LogP contribution in [0.25, 0.3) is 11.3 Å². The van der Waals surface area contributed by atoms with Crippen molar-refractivity contribution in [2.75, 3.05) is 12.8 Å². The molecule has 0 bridgehead atoms. The molecule has 0 saturated heterocycles. The van der Waals surface area contributed by atoms with Crippen LogP contribution >= 0.6 is 0 Å². The molecule has 4 nitrogen and oxygen atoms in total. The number of nitrogens with two attached hydrogens (primary N) is 1. The smallest absolute Gasteiger partial charge is 0.222 e. The molecule has 0 aliphatic heterocycles. The van der Waals surface area contributed by atoms with Gasteiger partial charge >= 0.3 is 0 Å². The lowest BCUT2D eigenvalue weighted by atomic mass is 9.94. The molecule has 1 heterocycles. The number of hydrogen-bond donors (Lipinski definition) is 1. The highest BCUT2D eigenvalue weighted by molar-refractivity contribution is 5.69. The third-order valence-electron chi connectivity index (χ3n) is 2.67. The molecule has 90 valence electrons. The molecule has 17 heavy (non-hydrogen) atoms. The predicted octanol–water partition coefficient (Wildman–Crippen LogP) is 3.06. The largest absolute Gasteiger partial charge is 0.496 e. The summed E-state index contributed by atoms with van der Waals surface area (Å²) in [4.78, 5) is 0. The molecule has 0 radical (unpaired) electrons. The molecule has 0 amide bonds. The third kappa shape index (κ3) is 2.11. The molecule has 1 aromatic heterocycles. The molecule has 0 atom stereocenters. The number of ether oxygens (including phenoxy) is 1. The Morgan fingerprint density at radius 2 is 2.12 bits per heavy atom. The van der Waals surface area contributed by atoms with Gasteiger partial charge in [-0.1, -0.05) is 31.1 Å². The Morgan fingerprint density at radius 1 is 1.35 bits per heavy atom. The van der Waals surface area contributed by atoms with E-state index in [9.17, 15) is 0 Å². The van der Waals surface area contributed by atoms with Crippen LogP contribution in [0.1, 0.15) is 25.3 Å². The molecule has 2 aromatic rings. The number of nitrogens with zero attached hydrogens (tertiary/aromatic N) is 1. The average molecular weight is 232 g/mol. The van der Waals surface area contributed by atoms with Crippen LogP contribution in [-0.4, -0.2) is 12.3 Å². The first kappa shape index (κ1) is 11.5. The maximum atomic E-state index is 5.55. The SMILES string of the molecule is COc1cccc(-c2cc(N)on2)c1C(C)C. The van der Waals surface area contributed by atoms with Crippen LogP contribution < -0.4 is 10.5 Å². The number of methoxy groups -OCH3 is 1. The van der Waals surface area contributed by atoms with Gasteiger partial charge < -0.3 is 15.0 Å². The van der Waals surface area contributed by atoms with Gasteiger partial charge in [0, 0.05) is 17.2 Å². The summed E-state index contributed by atoms with van der Waals surface area (Å²) in [5.74, 6) is 1.51. The van der Waals surface area contributed by atoms with Crippen LogP contribution in [0.2, 0.25) is 0 Å². The Labute approximate surface area is 100 Å². The van der Waals surface area contributed by atoms with Gasteiger partial charge in [0.15, 0.2) is 0 Å². The summed E-state index contributed by atoms with van der Waals surface area (Å²) in [6.07, 6.45) is 0. The van der Waals surface area contributed by atoms with Gasteiger partial charge in [-0.2, -0.15) is 0 Å². The van der Waals surface area contributed by atoms with Crippen molar-refractivity contribution >= 4 is 5.88 Å². The topological polar surface area (TPSA) is 61.3 Å². The number of benzene rings is 1. The van der Waals surface area contributed by atoms with Crippen molar-refractivity contribution in [2.24, 2.45) is 0 Å². The van der Waals surface area contributed by atoms with Gasteiger partial charge in [-0.3, -0.25) is 0 Å². The molecular formula is C13H16N2O2. The fraction of sp³-hybridized carbons (Fsp3) is 0.308. The Kier molecular flexibility index (Phi) is 3.04. The summed E-state index contributed by atoms with van der Waals surface area (Å²) in [7, 11) is 1.67. The van der Waals surface area contributed by atoms with Gasteiger partial charge in [0.2, 0.25) is 5.88 Å². The van der Waals surface area contributed by atoms with Gasteiger partial charge in [-0.05, 0) is 12.0 Å². The summed E-state index contributed by atoms with van der Waals surface area (Å²) < 4.78 is 10.3. The monoisotopic (exact) mass is 232 g/mol. The summed E-state index contributed by atoms with van der Waals surface area (Å²) in [6.45, 7) is 4.23. The summed E-state index contributed by atoms with van der Waals surface area (Å²) >= 11 is 0. The number of aromatic nitrogens is 1. The standard InChI is InChI=1S/C13H16N2O2/c1-8(2)13-9(5-4-6-11(13)16-3)10-7-12(14)17-15-10/h4-8H,14H2,1-3H3. The maximum Gasteiger partial charge on any atom is 0.222 e. The molecule has 0 aliphatic rings. The van der Waals surface area contributed by atoms with Crippen molar-refractivity contribution < 1.29 is 9.26 Å². The minimum atomic E-state index is 0.317. The number of hydrogen-bond acceptors (Lipinski definition) is 4. The van der Waals surface area contributed by atoms with Crippen molar-refractivity contribution in [1.82, 2.24) is 5.16 Å². The van der Waals surface area contributed by atoms with E-state index < -0.39 is 0 Å². The summed E-state index contributed by atoms with van der Waals surface area (Å²) in [5, 5.41) is 3.95. The Bertz CT molecular complexity index is 518. The van der Waals surface area contributed by atoms with Gasteiger partial charge in [0.1, 0.15) is 11.4 Å². The minimum Gasteiger partial charge on any atom is -0.496 e. The Hall–Kier alpha value is -1.97. The van der Waals surface area contributed by atoms with Crippen molar-refractivity contribution in [3.05, 3.63) is 29.8 Å². The first-order chi connectivity index (χ1) is 8.13. The fourth-order valence-corrected chi connectivity index (χ4v) is 1.96. The number of nitrogen functional groups attached to an aromatic ring is 1. The Balaban J connectivity index is 2.60. The van der Waals surface area contributed by atoms with Crippen LogP contribution in [-0.2, 0) is 0 Å². The van der Waals surface area contributed by atoms with Gasteiger partial charge in [-0.15, -0.1) is 0 Å². The molecule has 1 aromatic carbocycles. The van der Waals surface area contributed by atoms with Crippen molar-refractivity contribution in [1.29, 1.82) is 0 Å². The first-order valence-corrected chi connectivity index (χ1v) is 5.53. The maximum absolute atomic E-state index is 5.55. The molecule has 0 unspecified atom stereocenters. The van der Waals surface area contributed by atoms with Gasteiger partial charge in [0.25, 0.3) is 0 Å². The summed E-state index contributed by atoms with van der Waals surface area (Å²) in [5.41, 5.74) is 8.41. The van der Waals surface area contributed by atoms with Gasteiger partial charge in [-0.25, -0.2) is 0 Å². The lowest BCUT2D eigenvalue weighted by Gasteiger charge is -2.15. The number of anilines is 1. The summed E-state index contributed by atoms with van der Waals surface area (Å²) in [6, 6.07) is 7.60. The second-order valence-corrected chi connectivity index (χ2v) is 4.19. The van der Waals surface area contributed by atoms with Gasteiger partial charge in [0.05, 0.1) is 7.11 Å². The fourth-order valence-electron chi connectivity index (χ4n) is 1.96. The lowest BCUT2D eigenvalue weighted by Crippen LogP contribution is -1.97. The van der Waals surface area contributed by atoms with Crippen molar-refractivity contribution in [3.63, 3.8) is 0 Å². The molecular weight excluding hydrogens is 216 g/mol. The molecule has 0 saturated carbocycles. The van der Waals surface area contributed by atoms with Crippen molar-refractivity contribution in [2.45, 2.75) is 19.8 Å². The zero-order chi connectivity index (χ0) is 12.4. The van der Waals surface area contributed by atoms with E-state index in [1.807, 2.05) is 18.2 Å². The quantitative estimate of drug-likeness (QED) is 0.883. The number of rotatable bonds is 3. The van der Waals surface area contributed by atoms with Crippen LogP contribution in [0.4, 0.5) is 5.88 Å².